The van der Waals surface area contributed by atoms with Gasteiger partial charge in [-0.25, -0.2) is 0 Å². The molecule has 1 aromatic carbocycles. The Kier molecular flexibility index (Phi) is 4.27. The summed E-state index contributed by atoms with van der Waals surface area (Å²) in [6.07, 6.45) is 3.32. The molecule has 0 spiro atoms. The van der Waals surface area contributed by atoms with Gasteiger partial charge >= 0.3 is 0 Å². The van der Waals surface area contributed by atoms with E-state index in [1.807, 2.05) is 30.3 Å². The van der Waals surface area contributed by atoms with Crippen molar-refractivity contribution in [2.24, 2.45) is 0 Å². The Balaban J connectivity index is 2.65. The van der Waals surface area contributed by atoms with Crippen molar-refractivity contribution in [2.45, 2.75) is 19.6 Å². The van der Waals surface area contributed by atoms with E-state index >= 15 is 0 Å². The molecule has 0 bridgehead atoms. The molecule has 0 aliphatic rings. The minimum atomic E-state index is -1.44. The van der Waals surface area contributed by atoms with E-state index in [0.717, 1.165) is 5.56 Å². The van der Waals surface area contributed by atoms with Crippen molar-refractivity contribution in [3.05, 3.63) is 42.0 Å². The van der Waals surface area contributed by atoms with Gasteiger partial charge in [-0.3, -0.25) is 4.79 Å². The van der Waals surface area contributed by atoms with Crippen molar-refractivity contribution >= 4 is 19.9 Å². The van der Waals surface area contributed by atoms with Gasteiger partial charge in [-0.15, -0.1) is 5.54 Å². The minimum absolute atomic E-state index is 0.119. The molecule has 0 aliphatic carbocycles. The summed E-state index contributed by atoms with van der Waals surface area (Å²) in [5.74, 6) is 2.56. The molecule has 82 valence electrons. The van der Waals surface area contributed by atoms with Crippen LogP contribution in [0.15, 0.2) is 36.4 Å². The lowest BCUT2D eigenvalue weighted by Crippen LogP contribution is -2.16. The number of benzene rings is 1. The third-order valence-electron chi connectivity index (χ3n) is 1.79. The van der Waals surface area contributed by atoms with Crippen LogP contribution >= 0.6 is 0 Å². The highest BCUT2D eigenvalue weighted by molar-refractivity contribution is 6.84. The largest absolute Gasteiger partial charge is 0.280 e. The number of carbonyl (C=O) groups is 1. The monoisotopic (exact) mass is 228 g/mol. The van der Waals surface area contributed by atoms with Crippen LogP contribution in [0.4, 0.5) is 0 Å². The molecule has 0 atom stereocenters. The van der Waals surface area contributed by atoms with E-state index in [1.165, 1.54) is 6.08 Å². The summed E-state index contributed by atoms with van der Waals surface area (Å²) in [5, 5.41) is 0. The predicted octanol–water partition coefficient (Wildman–Crippen LogP) is 3.15. The zero-order chi connectivity index (χ0) is 12.0. The van der Waals surface area contributed by atoms with Crippen LogP contribution in [0.3, 0.4) is 0 Å². The van der Waals surface area contributed by atoms with E-state index in [2.05, 4.69) is 31.1 Å². The lowest BCUT2D eigenvalue weighted by atomic mass is 10.2. The van der Waals surface area contributed by atoms with Crippen LogP contribution in [0.1, 0.15) is 5.56 Å². The fourth-order valence-corrected chi connectivity index (χ4v) is 1.53. The maximum absolute atomic E-state index is 11.4. The highest BCUT2D eigenvalue weighted by Gasteiger charge is 2.07. The molecule has 0 aliphatic heterocycles. The Morgan fingerprint density at radius 3 is 2.38 bits per heavy atom. The molecule has 0 saturated heterocycles. The molecule has 16 heavy (non-hydrogen) atoms. The third-order valence-corrected chi connectivity index (χ3v) is 2.66. The van der Waals surface area contributed by atoms with E-state index in [0.29, 0.717) is 0 Å². The first-order chi connectivity index (χ1) is 7.47. The summed E-state index contributed by atoms with van der Waals surface area (Å²) in [6, 6.07) is 9.74. The molecule has 1 aromatic rings. The summed E-state index contributed by atoms with van der Waals surface area (Å²) in [6.45, 7) is 6.36. The van der Waals surface area contributed by atoms with Crippen molar-refractivity contribution in [2.75, 3.05) is 0 Å². The maximum Gasteiger partial charge on any atom is 0.228 e. The van der Waals surface area contributed by atoms with Gasteiger partial charge in [0.05, 0.1) is 0 Å². The normalized spacial score (nSPS) is 10.9. The van der Waals surface area contributed by atoms with Crippen LogP contribution in [-0.2, 0) is 4.79 Å². The Bertz CT molecular complexity index is 441. The van der Waals surface area contributed by atoms with E-state index in [-0.39, 0.29) is 5.78 Å². The van der Waals surface area contributed by atoms with Crippen molar-refractivity contribution in [1.82, 2.24) is 0 Å². The standard InChI is InChI=1S/C14H16OSi/c1-16(2,3)12-11-14(15)10-9-13-7-5-4-6-8-13/h4-10H,1-3H3/b10-9+. The molecule has 0 radical (unpaired) electrons. The molecule has 0 saturated carbocycles. The summed E-state index contributed by atoms with van der Waals surface area (Å²) < 4.78 is 0. The van der Waals surface area contributed by atoms with Gasteiger partial charge in [0.1, 0.15) is 8.07 Å². The number of hydrogen-bond donors (Lipinski definition) is 0. The lowest BCUT2D eigenvalue weighted by molar-refractivity contribution is -0.109. The second kappa shape index (κ2) is 5.48. The lowest BCUT2D eigenvalue weighted by Gasteiger charge is -2.02. The SMILES string of the molecule is C[Si](C)(C)C#CC(=O)/C=C/c1ccccc1. The summed E-state index contributed by atoms with van der Waals surface area (Å²) in [4.78, 5) is 11.4. The molecule has 0 N–H and O–H groups in total. The third kappa shape index (κ3) is 5.33. The smallest absolute Gasteiger partial charge is 0.228 e. The van der Waals surface area contributed by atoms with Gasteiger partial charge in [0, 0.05) is 0 Å². The average molecular weight is 228 g/mol. The van der Waals surface area contributed by atoms with Crippen molar-refractivity contribution < 1.29 is 4.79 Å². The first-order valence-corrected chi connectivity index (χ1v) is 8.78. The Morgan fingerprint density at radius 1 is 1.19 bits per heavy atom. The zero-order valence-electron chi connectivity index (χ0n) is 9.95. The molecular formula is C14H16OSi. The Hall–Kier alpha value is -1.59. The number of ketones is 1. The average Bonchev–Trinajstić information content (AvgIpc) is 2.24. The van der Waals surface area contributed by atoms with Gasteiger partial charge < -0.3 is 0 Å². The van der Waals surface area contributed by atoms with Gasteiger partial charge in [0.2, 0.25) is 5.78 Å². The highest BCUT2D eigenvalue weighted by atomic mass is 28.3. The second-order valence-corrected chi connectivity index (χ2v) is 9.36. The van der Waals surface area contributed by atoms with Crippen LogP contribution in [-0.4, -0.2) is 13.9 Å². The number of rotatable bonds is 2. The number of carbonyl (C=O) groups excluding carboxylic acids is 1. The summed E-state index contributed by atoms with van der Waals surface area (Å²) >= 11 is 0. The van der Waals surface area contributed by atoms with Crippen molar-refractivity contribution in [3.63, 3.8) is 0 Å². The van der Waals surface area contributed by atoms with Gasteiger partial charge in [0.15, 0.2) is 0 Å². The fraction of sp³-hybridized carbons (Fsp3) is 0.214. The van der Waals surface area contributed by atoms with Gasteiger partial charge in [0.25, 0.3) is 0 Å². The zero-order valence-corrected chi connectivity index (χ0v) is 10.9. The first kappa shape index (κ1) is 12.5. The highest BCUT2D eigenvalue weighted by Crippen LogP contribution is 2.01. The molecule has 0 amide bonds. The molecule has 0 aromatic heterocycles. The minimum Gasteiger partial charge on any atom is -0.280 e. The van der Waals surface area contributed by atoms with Crippen LogP contribution in [0, 0.1) is 11.5 Å². The van der Waals surface area contributed by atoms with Gasteiger partial charge in [-0.05, 0) is 17.6 Å². The quantitative estimate of drug-likeness (QED) is 0.432. The molecule has 0 heterocycles. The van der Waals surface area contributed by atoms with Crippen LogP contribution in [0.2, 0.25) is 19.6 Å². The van der Waals surface area contributed by atoms with Crippen LogP contribution in [0.25, 0.3) is 6.08 Å². The molecule has 0 unspecified atom stereocenters. The molecule has 1 rings (SSSR count). The Morgan fingerprint density at radius 2 is 1.81 bits per heavy atom. The summed E-state index contributed by atoms with van der Waals surface area (Å²) in [5.41, 5.74) is 4.07. The van der Waals surface area contributed by atoms with Crippen molar-refractivity contribution in [3.8, 4) is 11.5 Å². The van der Waals surface area contributed by atoms with Gasteiger partial charge in [-0.2, -0.15) is 0 Å². The molecule has 0 fully saturated rings. The van der Waals surface area contributed by atoms with E-state index in [4.69, 9.17) is 0 Å². The van der Waals surface area contributed by atoms with E-state index < -0.39 is 8.07 Å². The fourth-order valence-electron chi connectivity index (χ4n) is 1.03. The second-order valence-electron chi connectivity index (χ2n) is 4.61. The van der Waals surface area contributed by atoms with E-state index in [9.17, 15) is 4.79 Å². The number of allylic oxidation sites excluding steroid dienone is 1. The van der Waals surface area contributed by atoms with Gasteiger partial charge in [-0.1, -0.05) is 56.0 Å². The predicted molar refractivity (Wildman–Crippen MR) is 71.6 cm³/mol. The van der Waals surface area contributed by atoms with Crippen molar-refractivity contribution in [1.29, 1.82) is 0 Å². The van der Waals surface area contributed by atoms with Crippen LogP contribution in [0.5, 0.6) is 0 Å². The topological polar surface area (TPSA) is 17.1 Å². The molecule has 2 heteroatoms. The Labute approximate surface area is 98.2 Å². The van der Waals surface area contributed by atoms with E-state index in [1.54, 1.807) is 6.08 Å². The molecular weight excluding hydrogens is 212 g/mol. The summed E-state index contributed by atoms with van der Waals surface area (Å²) in [7, 11) is -1.44. The number of hydrogen-bond acceptors (Lipinski definition) is 1. The molecule has 1 nitrogen and oxygen atoms in total. The first-order valence-electron chi connectivity index (χ1n) is 5.28. The van der Waals surface area contributed by atoms with Crippen LogP contribution < -0.4 is 0 Å². The maximum atomic E-state index is 11.4.